The van der Waals surface area contributed by atoms with Crippen LogP contribution in [0.5, 0.6) is 11.5 Å². The fourth-order valence-electron chi connectivity index (χ4n) is 10.3. The number of nitrogens with one attached hydrogen (secondary N) is 3. The van der Waals surface area contributed by atoms with Crippen LogP contribution in [-0.4, -0.2) is 96.1 Å². The molecule has 2 aromatic heterocycles. The van der Waals surface area contributed by atoms with Gasteiger partial charge >= 0.3 is 6.09 Å². The first-order valence-electron chi connectivity index (χ1n) is 24.1. The second-order valence-corrected chi connectivity index (χ2v) is 21.3. The van der Waals surface area contributed by atoms with Crippen molar-refractivity contribution in [3.63, 3.8) is 0 Å². The zero-order chi connectivity index (χ0) is 48.3. The van der Waals surface area contributed by atoms with Crippen LogP contribution in [0.25, 0.3) is 16.6 Å². The number of ether oxygens (including phenoxy) is 3. The predicted octanol–water partition coefficient (Wildman–Crippen LogP) is 10.1. The van der Waals surface area contributed by atoms with E-state index in [0.717, 1.165) is 86.9 Å². The van der Waals surface area contributed by atoms with E-state index >= 15 is 0 Å². The molecule has 0 radical (unpaired) electrons. The fourth-order valence-corrected chi connectivity index (χ4v) is 11.3. The Kier molecular flexibility index (Phi) is 14.1. The Morgan fingerprint density at radius 2 is 1.72 bits per heavy atom. The number of allylic oxidation sites excluding steroid dienone is 1. The summed E-state index contributed by atoms with van der Waals surface area (Å²) >= 11 is 0. The van der Waals surface area contributed by atoms with E-state index in [4.69, 9.17) is 14.2 Å². The van der Waals surface area contributed by atoms with Crippen molar-refractivity contribution in [3.8, 4) is 11.5 Å². The highest BCUT2D eigenvalue weighted by atomic mass is 32.2. The van der Waals surface area contributed by atoms with Gasteiger partial charge in [-0.05, 0) is 156 Å². The van der Waals surface area contributed by atoms with Crippen molar-refractivity contribution >= 4 is 50.0 Å². The minimum Gasteiger partial charge on any atom is -0.455 e. The van der Waals surface area contributed by atoms with Gasteiger partial charge in [0.25, 0.3) is 21.6 Å². The monoisotopic (exact) mass is 959 g/mol. The van der Waals surface area contributed by atoms with Crippen LogP contribution in [0.4, 0.5) is 16.2 Å². The third-order valence-corrected chi connectivity index (χ3v) is 15.2. The number of sulfonamides is 1. The summed E-state index contributed by atoms with van der Waals surface area (Å²) in [5.41, 5.74) is 4.58. The van der Waals surface area contributed by atoms with Crippen LogP contribution in [0, 0.1) is 16.0 Å². The average Bonchev–Trinajstić information content (AvgIpc) is 4.04. The third-order valence-electron chi connectivity index (χ3n) is 13.9. The van der Waals surface area contributed by atoms with Gasteiger partial charge in [-0.25, -0.2) is 22.9 Å². The summed E-state index contributed by atoms with van der Waals surface area (Å²) in [6.07, 6.45) is 13.5. The molecule has 5 heterocycles. The highest BCUT2D eigenvalue weighted by molar-refractivity contribution is 7.90. The van der Waals surface area contributed by atoms with Gasteiger partial charge < -0.3 is 29.4 Å². The molecule has 1 aliphatic carbocycles. The fraction of sp³-hybridized carbons (Fsp3) is 0.442. The van der Waals surface area contributed by atoms with Crippen molar-refractivity contribution in [2.75, 3.05) is 44.7 Å². The number of benzene rings is 3. The number of H-pyrrole nitrogens is 1. The maximum atomic E-state index is 14.0. The number of likely N-dealkylation sites (tertiary alicyclic amines) is 2. The Balaban J connectivity index is 0.916. The summed E-state index contributed by atoms with van der Waals surface area (Å²) in [7, 11) is -4.57. The Labute approximate surface area is 403 Å². The molecule has 3 aliphatic heterocycles. The first-order valence-corrected chi connectivity index (χ1v) is 25.6. The number of carbonyl (C=O) groups excluding carboxylic acids is 2. The first kappa shape index (κ1) is 47.8. The normalized spacial score (nSPS) is 19.8. The smallest absolute Gasteiger partial charge is 0.410 e. The number of piperidine rings is 1. The molecule has 5 aromatic rings. The van der Waals surface area contributed by atoms with Crippen molar-refractivity contribution in [1.82, 2.24) is 24.5 Å². The number of pyridine rings is 1. The van der Waals surface area contributed by atoms with Crippen LogP contribution < -0.4 is 14.8 Å². The second kappa shape index (κ2) is 20.3. The summed E-state index contributed by atoms with van der Waals surface area (Å²) in [5.74, 6) is 0.158. The first-order chi connectivity index (χ1) is 33.2. The van der Waals surface area contributed by atoms with Gasteiger partial charge in [-0.3, -0.25) is 19.8 Å². The number of fused-ring (bicyclic) bond motifs is 1. The van der Waals surface area contributed by atoms with Gasteiger partial charge in [0.2, 0.25) is 0 Å². The summed E-state index contributed by atoms with van der Waals surface area (Å²) < 4.78 is 47.1. The van der Waals surface area contributed by atoms with Gasteiger partial charge in [-0.15, -0.1) is 0 Å². The van der Waals surface area contributed by atoms with Crippen LogP contribution in [0.3, 0.4) is 0 Å². The van der Waals surface area contributed by atoms with Gasteiger partial charge in [-0.2, -0.15) is 0 Å². The maximum absolute atomic E-state index is 14.0. The van der Waals surface area contributed by atoms with Crippen LogP contribution in [0.2, 0.25) is 0 Å². The van der Waals surface area contributed by atoms with Crippen LogP contribution in [0.15, 0.2) is 96.2 Å². The highest BCUT2D eigenvalue weighted by Gasteiger charge is 2.36. The second-order valence-electron chi connectivity index (χ2n) is 19.6. The number of nitro groups is 1. The van der Waals surface area contributed by atoms with Gasteiger partial charge in [0.05, 0.1) is 21.6 Å². The van der Waals surface area contributed by atoms with Gasteiger partial charge in [0.15, 0.2) is 0 Å². The summed E-state index contributed by atoms with van der Waals surface area (Å²) in [5, 5.41) is 16.0. The molecule has 3 fully saturated rings. The number of hydrogen-bond donors (Lipinski definition) is 3. The molecule has 2 amide bonds. The predicted molar refractivity (Wildman–Crippen MR) is 263 cm³/mol. The Hall–Kier alpha value is -6.30. The molecule has 2 atom stereocenters. The number of hydrogen-bond acceptors (Lipinski definition) is 12. The number of rotatable bonds is 13. The lowest BCUT2D eigenvalue weighted by Crippen LogP contribution is -2.41. The van der Waals surface area contributed by atoms with Crippen molar-refractivity contribution in [2.24, 2.45) is 5.92 Å². The lowest BCUT2D eigenvalue weighted by molar-refractivity contribution is -0.384. The maximum Gasteiger partial charge on any atom is 0.410 e. The summed E-state index contributed by atoms with van der Waals surface area (Å²) in [6, 6.07) is 21.8. The van der Waals surface area contributed by atoms with Gasteiger partial charge in [0, 0.05) is 62.6 Å². The van der Waals surface area contributed by atoms with E-state index in [1.165, 1.54) is 29.5 Å². The molecule has 3 aromatic carbocycles. The lowest BCUT2D eigenvalue weighted by atomic mass is 9.83. The molecule has 3 saturated heterocycles. The molecule has 0 saturated carbocycles. The van der Waals surface area contributed by atoms with Crippen LogP contribution >= 0.6 is 0 Å². The minimum absolute atomic E-state index is 0.0379. The molecule has 3 N–H and O–H groups in total. The number of aromatic nitrogens is 2. The standard InChI is InChI=1S/C52H61N7O9S/c1-52(2,3)68-51(61)57-25-19-36(20-26-57)42-7-4-5-8-43(42)46-9-6-24-58(46)39-13-10-35(11-14-39)37-12-16-44(48(30-37)67-40-29-38-18-23-53-49(38)55-33-40)50(60)56-69(64,65)41-15-17-45(47(31-41)59(62)63)54-32-34-21-27-66-28-22-34/h4-5,7-8,10,12,15-18,23,29-31,33-34,36,39,46,54H,6,9,11,13-14,19-22,24-28,32H2,1-3H3,(H,53,55)(H,56,60). The number of aromatic amines is 1. The van der Waals surface area contributed by atoms with Crippen molar-refractivity contribution in [3.05, 3.63) is 124 Å². The van der Waals surface area contributed by atoms with E-state index in [1.807, 2.05) is 31.7 Å². The van der Waals surface area contributed by atoms with E-state index in [2.05, 4.69) is 55.2 Å². The van der Waals surface area contributed by atoms with Crippen molar-refractivity contribution < 1.29 is 37.1 Å². The van der Waals surface area contributed by atoms with E-state index < -0.39 is 37.0 Å². The molecule has 0 spiro atoms. The SMILES string of the molecule is CC(C)(C)OC(=O)N1CCC(c2ccccc2C2CCCN2C2CC=C(c3ccc(C(=O)NS(=O)(=O)c4ccc(NCC5CCOCC5)c([N+](=O)[O-])c4)c(Oc4cnc5[nH]ccc5c4)c3)CC2)CC1. The Bertz CT molecular complexity index is 2840. The Morgan fingerprint density at radius 3 is 2.46 bits per heavy atom. The topological polar surface area (TPSA) is 198 Å². The van der Waals surface area contributed by atoms with Crippen LogP contribution in [-0.2, 0) is 19.5 Å². The molecule has 364 valence electrons. The molecule has 2 unspecified atom stereocenters. The van der Waals surface area contributed by atoms with E-state index in [0.29, 0.717) is 62.2 Å². The van der Waals surface area contributed by atoms with Gasteiger partial charge in [0.1, 0.15) is 28.4 Å². The number of nitrogens with zero attached hydrogens (tertiary/aromatic N) is 4. The number of carbonyl (C=O) groups is 2. The molecule has 16 nitrogen and oxygen atoms in total. The third kappa shape index (κ3) is 11.1. The quantitative estimate of drug-likeness (QED) is 0.0747. The van der Waals surface area contributed by atoms with Crippen LogP contribution in [0.1, 0.15) is 118 Å². The average molecular weight is 960 g/mol. The zero-order valence-electron chi connectivity index (χ0n) is 39.4. The molecular weight excluding hydrogens is 899 g/mol. The zero-order valence-corrected chi connectivity index (χ0v) is 40.3. The number of amides is 2. The molecule has 0 bridgehead atoms. The molecule has 69 heavy (non-hydrogen) atoms. The largest absolute Gasteiger partial charge is 0.455 e. The summed E-state index contributed by atoms with van der Waals surface area (Å²) in [4.78, 5) is 49.9. The Morgan fingerprint density at radius 1 is 0.942 bits per heavy atom. The lowest BCUT2D eigenvalue weighted by Gasteiger charge is -2.38. The summed E-state index contributed by atoms with van der Waals surface area (Å²) in [6.45, 7) is 9.77. The number of nitro benzene ring substituents is 1. The molecular formula is C52H61N7O9S. The molecule has 17 heteroatoms. The van der Waals surface area contributed by atoms with E-state index in [1.54, 1.807) is 30.5 Å². The van der Waals surface area contributed by atoms with E-state index in [-0.39, 0.29) is 29.0 Å². The highest BCUT2D eigenvalue weighted by Crippen LogP contribution is 2.43. The number of anilines is 1. The molecule has 9 rings (SSSR count). The minimum atomic E-state index is -4.57. The van der Waals surface area contributed by atoms with Crippen molar-refractivity contribution in [2.45, 2.75) is 107 Å². The van der Waals surface area contributed by atoms with Crippen molar-refractivity contribution in [1.29, 1.82) is 0 Å². The molecule has 4 aliphatic rings. The van der Waals surface area contributed by atoms with E-state index in [9.17, 15) is 28.1 Å². The van der Waals surface area contributed by atoms with Gasteiger partial charge in [-0.1, -0.05) is 36.4 Å².